The molecule has 1 aromatic rings. The third-order valence-electron chi connectivity index (χ3n) is 4.18. The number of rotatable bonds is 4. The molecule has 0 aliphatic heterocycles. The molecule has 1 nitrogen and oxygen atoms in total. The van der Waals surface area contributed by atoms with Crippen molar-refractivity contribution in [3.63, 3.8) is 0 Å². The van der Waals surface area contributed by atoms with E-state index in [4.69, 9.17) is 0 Å². The van der Waals surface area contributed by atoms with E-state index >= 15 is 0 Å². The molecule has 1 heteroatoms. The van der Waals surface area contributed by atoms with Crippen molar-refractivity contribution in [2.75, 3.05) is 6.54 Å². The molecule has 0 aromatic heterocycles. The second-order valence-electron chi connectivity index (χ2n) is 6.05. The highest BCUT2D eigenvalue weighted by Gasteiger charge is 2.27. The van der Waals surface area contributed by atoms with Gasteiger partial charge in [0.15, 0.2) is 0 Å². The average molecular weight is 231 g/mol. The molecule has 2 rings (SSSR count). The van der Waals surface area contributed by atoms with Gasteiger partial charge in [-0.1, -0.05) is 43.5 Å². The monoisotopic (exact) mass is 231 g/mol. The maximum absolute atomic E-state index is 3.65. The summed E-state index contributed by atoms with van der Waals surface area (Å²) >= 11 is 0. The highest BCUT2D eigenvalue weighted by Crippen LogP contribution is 2.36. The zero-order valence-corrected chi connectivity index (χ0v) is 11.5. The van der Waals surface area contributed by atoms with E-state index in [9.17, 15) is 0 Å². The normalized spacial score (nSPS) is 18.5. The minimum absolute atomic E-state index is 0.553. The van der Waals surface area contributed by atoms with Gasteiger partial charge >= 0.3 is 0 Å². The van der Waals surface area contributed by atoms with Gasteiger partial charge in [0.1, 0.15) is 0 Å². The van der Waals surface area contributed by atoms with E-state index in [1.54, 1.807) is 0 Å². The van der Waals surface area contributed by atoms with E-state index < -0.39 is 0 Å². The van der Waals surface area contributed by atoms with Crippen molar-refractivity contribution in [1.29, 1.82) is 0 Å². The van der Waals surface area contributed by atoms with Gasteiger partial charge in [0.2, 0.25) is 0 Å². The van der Waals surface area contributed by atoms with Gasteiger partial charge in [-0.05, 0) is 43.2 Å². The third kappa shape index (κ3) is 3.32. The van der Waals surface area contributed by atoms with Crippen LogP contribution in [0.4, 0.5) is 0 Å². The summed E-state index contributed by atoms with van der Waals surface area (Å²) < 4.78 is 0. The summed E-state index contributed by atoms with van der Waals surface area (Å²) in [5.74, 6) is 0. The van der Waals surface area contributed by atoms with Crippen LogP contribution in [0.1, 0.15) is 49.3 Å². The molecule has 0 heterocycles. The zero-order chi connectivity index (χ0) is 12.3. The predicted octanol–water partition coefficient (Wildman–Crippen LogP) is 3.97. The smallest absolute Gasteiger partial charge is 0.0208 e. The molecule has 1 aliphatic rings. The van der Waals surface area contributed by atoms with Crippen LogP contribution in [0.3, 0.4) is 0 Å². The Morgan fingerprint density at radius 2 is 1.88 bits per heavy atom. The Balaban J connectivity index is 1.87. The first-order valence-electron chi connectivity index (χ1n) is 6.86. The van der Waals surface area contributed by atoms with Gasteiger partial charge in [-0.15, -0.1) is 0 Å². The van der Waals surface area contributed by atoms with Crippen LogP contribution in [-0.4, -0.2) is 6.54 Å². The van der Waals surface area contributed by atoms with Crippen molar-refractivity contribution in [2.24, 2.45) is 5.41 Å². The summed E-state index contributed by atoms with van der Waals surface area (Å²) in [6, 6.07) is 6.72. The van der Waals surface area contributed by atoms with Gasteiger partial charge in [-0.25, -0.2) is 0 Å². The van der Waals surface area contributed by atoms with Gasteiger partial charge < -0.3 is 5.32 Å². The van der Waals surface area contributed by atoms with Gasteiger partial charge in [0.25, 0.3) is 0 Å². The highest BCUT2D eigenvalue weighted by atomic mass is 14.9. The maximum atomic E-state index is 3.65. The topological polar surface area (TPSA) is 12.0 Å². The molecule has 1 fully saturated rings. The van der Waals surface area contributed by atoms with Crippen molar-refractivity contribution < 1.29 is 0 Å². The van der Waals surface area contributed by atoms with E-state index in [1.165, 1.54) is 48.9 Å². The van der Waals surface area contributed by atoms with Crippen molar-refractivity contribution in [1.82, 2.24) is 5.32 Å². The lowest BCUT2D eigenvalue weighted by molar-refractivity contribution is 0.314. The van der Waals surface area contributed by atoms with Gasteiger partial charge in [0.05, 0.1) is 0 Å². The van der Waals surface area contributed by atoms with Gasteiger partial charge in [-0.2, -0.15) is 0 Å². The Kier molecular flexibility index (Phi) is 3.88. The molecular weight excluding hydrogens is 206 g/mol. The summed E-state index contributed by atoms with van der Waals surface area (Å²) in [6.07, 6.45) is 5.63. The van der Waals surface area contributed by atoms with E-state index in [0.29, 0.717) is 5.41 Å². The Morgan fingerprint density at radius 3 is 2.59 bits per heavy atom. The van der Waals surface area contributed by atoms with Crippen LogP contribution in [0.5, 0.6) is 0 Å². The average Bonchev–Trinajstić information content (AvgIpc) is 2.71. The molecule has 1 saturated carbocycles. The summed E-state index contributed by atoms with van der Waals surface area (Å²) in [5.41, 5.74) is 4.77. The molecule has 0 radical (unpaired) electrons. The molecule has 0 amide bonds. The molecule has 1 aromatic carbocycles. The number of aryl methyl sites for hydroxylation is 2. The van der Waals surface area contributed by atoms with Gasteiger partial charge in [-0.3, -0.25) is 0 Å². The van der Waals surface area contributed by atoms with Crippen molar-refractivity contribution in [3.8, 4) is 0 Å². The van der Waals surface area contributed by atoms with Crippen molar-refractivity contribution in [3.05, 3.63) is 34.9 Å². The lowest BCUT2D eigenvalue weighted by atomic mass is 9.89. The molecule has 0 bridgehead atoms. The Bertz CT molecular complexity index is 375. The lowest BCUT2D eigenvalue weighted by Crippen LogP contribution is -2.29. The van der Waals surface area contributed by atoms with E-state index in [-0.39, 0.29) is 0 Å². The second-order valence-corrected chi connectivity index (χ2v) is 6.05. The fourth-order valence-corrected chi connectivity index (χ4v) is 2.89. The summed E-state index contributed by atoms with van der Waals surface area (Å²) in [5, 5.41) is 3.65. The van der Waals surface area contributed by atoms with Gasteiger partial charge in [0, 0.05) is 13.1 Å². The lowest BCUT2D eigenvalue weighted by Gasteiger charge is -2.24. The number of hydrogen-bond acceptors (Lipinski definition) is 1. The van der Waals surface area contributed by atoms with Crippen molar-refractivity contribution >= 4 is 0 Å². The molecule has 0 spiro atoms. The summed E-state index contributed by atoms with van der Waals surface area (Å²) in [6.45, 7) is 8.98. The minimum atomic E-state index is 0.553. The third-order valence-corrected chi connectivity index (χ3v) is 4.18. The maximum Gasteiger partial charge on any atom is 0.0208 e. The van der Waals surface area contributed by atoms with Crippen LogP contribution in [0, 0.1) is 19.3 Å². The van der Waals surface area contributed by atoms with Crippen LogP contribution in [0.2, 0.25) is 0 Å². The van der Waals surface area contributed by atoms with Crippen LogP contribution in [0.15, 0.2) is 18.2 Å². The zero-order valence-electron chi connectivity index (χ0n) is 11.5. The fraction of sp³-hybridized carbons (Fsp3) is 0.625. The fourth-order valence-electron chi connectivity index (χ4n) is 2.89. The Hall–Kier alpha value is -0.820. The van der Waals surface area contributed by atoms with Crippen molar-refractivity contribution in [2.45, 2.75) is 53.0 Å². The standard InChI is InChI=1S/C16H25N/c1-13-6-7-14(2)15(10-13)11-17-12-16(3)8-4-5-9-16/h6-7,10,17H,4-5,8-9,11-12H2,1-3H3. The van der Waals surface area contributed by atoms with Crippen LogP contribution in [-0.2, 0) is 6.54 Å². The first-order valence-corrected chi connectivity index (χ1v) is 6.86. The molecule has 1 aliphatic carbocycles. The molecule has 0 atom stereocenters. The van der Waals surface area contributed by atoms with E-state index in [1.807, 2.05) is 0 Å². The molecule has 17 heavy (non-hydrogen) atoms. The van der Waals surface area contributed by atoms with Crippen LogP contribution >= 0.6 is 0 Å². The molecular formula is C16H25N. The SMILES string of the molecule is Cc1ccc(C)c(CNCC2(C)CCCC2)c1. The van der Waals surface area contributed by atoms with E-state index in [0.717, 1.165) is 6.54 Å². The highest BCUT2D eigenvalue weighted by molar-refractivity contribution is 5.30. The minimum Gasteiger partial charge on any atom is -0.312 e. The summed E-state index contributed by atoms with van der Waals surface area (Å²) in [4.78, 5) is 0. The van der Waals surface area contributed by atoms with Crippen LogP contribution in [0.25, 0.3) is 0 Å². The largest absolute Gasteiger partial charge is 0.312 e. The molecule has 94 valence electrons. The number of hydrogen-bond donors (Lipinski definition) is 1. The van der Waals surface area contributed by atoms with Crippen LogP contribution < -0.4 is 5.32 Å². The molecule has 1 N–H and O–H groups in total. The number of nitrogens with one attached hydrogen (secondary N) is 1. The second kappa shape index (κ2) is 5.22. The first-order chi connectivity index (χ1) is 8.09. The first kappa shape index (κ1) is 12.6. The Morgan fingerprint density at radius 1 is 1.18 bits per heavy atom. The number of benzene rings is 1. The summed E-state index contributed by atoms with van der Waals surface area (Å²) in [7, 11) is 0. The van der Waals surface area contributed by atoms with E-state index in [2.05, 4.69) is 44.3 Å². The molecule has 0 saturated heterocycles. The Labute approximate surface area is 106 Å². The molecule has 0 unspecified atom stereocenters. The quantitative estimate of drug-likeness (QED) is 0.826. The predicted molar refractivity (Wildman–Crippen MR) is 74.2 cm³/mol.